The van der Waals surface area contributed by atoms with Crippen LogP contribution in [0.15, 0.2) is 18.5 Å². The monoisotopic (exact) mass is 261 g/mol. The lowest BCUT2D eigenvalue weighted by Crippen LogP contribution is -2.30. The van der Waals surface area contributed by atoms with Crippen LogP contribution < -0.4 is 0 Å². The average Bonchev–Trinajstić information content (AvgIpc) is 2.90. The molecule has 0 unspecified atom stereocenters. The van der Waals surface area contributed by atoms with Crippen LogP contribution in [0.5, 0.6) is 0 Å². The quantitative estimate of drug-likeness (QED) is 0.821. The number of rotatable bonds is 4. The first-order valence-corrected chi connectivity index (χ1v) is 6.19. The molecule has 2 rings (SSSR count). The van der Waals surface area contributed by atoms with Gasteiger partial charge in [0.1, 0.15) is 6.54 Å². The van der Waals surface area contributed by atoms with Crippen molar-refractivity contribution in [2.24, 2.45) is 7.05 Å². The zero-order valence-electron chi connectivity index (χ0n) is 11.8. The number of carbonyl (C=O) groups excluding carboxylic acids is 1. The Morgan fingerprint density at radius 3 is 2.68 bits per heavy atom. The van der Waals surface area contributed by atoms with Crippen molar-refractivity contribution in [3.05, 3.63) is 35.4 Å². The number of nitrogens with zero attached hydrogens (tertiary/aromatic N) is 5. The number of aromatic nitrogens is 4. The Hall–Kier alpha value is -2.11. The van der Waals surface area contributed by atoms with E-state index in [0.29, 0.717) is 6.54 Å². The smallest absolute Gasteiger partial charge is 0.244 e. The molecule has 6 nitrogen and oxygen atoms in total. The summed E-state index contributed by atoms with van der Waals surface area (Å²) in [7, 11) is 3.69. The normalized spacial score (nSPS) is 10.7. The van der Waals surface area contributed by atoms with Crippen molar-refractivity contribution in [2.75, 3.05) is 7.05 Å². The Bertz CT molecular complexity index is 584. The first-order chi connectivity index (χ1) is 8.97. The van der Waals surface area contributed by atoms with Crippen LogP contribution in [0.25, 0.3) is 0 Å². The van der Waals surface area contributed by atoms with Gasteiger partial charge >= 0.3 is 0 Å². The topological polar surface area (TPSA) is 56.0 Å². The minimum atomic E-state index is 0.0337. The van der Waals surface area contributed by atoms with E-state index in [9.17, 15) is 4.79 Å². The standard InChI is InChI=1S/C13H19N5O/c1-10-5-6-18(15-10)9-13(19)16(3)8-12-7-14-17(4)11(12)2/h5-7H,8-9H2,1-4H3. The van der Waals surface area contributed by atoms with Crippen molar-refractivity contribution in [1.82, 2.24) is 24.5 Å². The summed E-state index contributed by atoms with van der Waals surface area (Å²) in [5.41, 5.74) is 3.06. The first kappa shape index (κ1) is 13.3. The SMILES string of the molecule is Cc1ccn(CC(=O)N(C)Cc2cnn(C)c2C)n1. The predicted molar refractivity (Wildman–Crippen MR) is 71.4 cm³/mol. The lowest BCUT2D eigenvalue weighted by atomic mass is 10.2. The number of amides is 1. The van der Waals surface area contributed by atoms with Crippen LogP contribution in [0.3, 0.4) is 0 Å². The van der Waals surface area contributed by atoms with Crippen molar-refractivity contribution < 1.29 is 4.79 Å². The van der Waals surface area contributed by atoms with Crippen LogP contribution >= 0.6 is 0 Å². The molecule has 0 spiro atoms. The largest absolute Gasteiger partial charge is 0.340 e. The maximum Gasteiger partial charge on any atom is 0.244 e. The van der Waals surface area contributed by atoms with Crippen LogP contribution in [0, 0.1) is 13.8 Å². The second-order valence-electron chi connectivity index (χ2n) is 4.78. The lowest BCUT2D eigenvalue weighted by molar-refractivity contribution is -0.131. The fourth-order valence-electron chi connectivity index (χ4n) is 1.85. The molecule has 0 radical (unpaired) electrons. The minimum Gasteiger partial charge on any atom is -0.340 e. The van der Waals surface area contributed by atoms with Gasteiger partial charge in [0, 0.05) is 38.1 Å². The third-order valence-electron chi connectivity index (χ3n) is 3.24. The zero-order chi connectivity index (χ0) is 14.0. The lowest BCUT2D eigenvalue weighted by Gasteiger charge is -2.17. The Morgan fingerprint density at radius 2 is 2.16 bits per heavy atom. The van der Waals surface area contributed by atoms with E-state index in [1.165, 1.54) is 0 Å². The van der Waals surface area contributed by atoms with E-state index in [0.717, 1.165) is 17.0 Å². The van der Waals surface area contributed by atoms with E-state index in [2.05, 4.69) is 10.2 Å². The van der Waals surface area contributed by atoms with Gasteiger partial charge in [-0.1, -0.05) is 0 Å². The van der Waals surface area contributed by atoms with Gasteiger partial charge in [-0.05, 0) is 19.9 Å². The van der Waals surface area contributed by atoms with Gasteiger partial charge in [0.05, 0.1) is 11.9 Å². The molecule has 0 bridgehead atoms. The predicted octanol–water partition coefficient (Wildman–Crippen LogP) is 0.892. The van der Waals surface area contributed by atoms with Gasteiger partial charge in [-0.3, -0.25) is 14.2 Å². The van der Waals surface area contributed by atoms with Crippen molar-refractivity contribution in [2.45, 2.75) is 26.9 Å². The number of hydrogen-bond donors (Lipinski definition) is 0. The molecule has 19 heavy (non-hydrogen) atoms. The summed E-state index contributed by atoms with van der Waals surface area (Å²) < 4.78 is 3.47. The molecule has 0 saturated heterocycles. The number of aryl methyl sites for hydroxylation is 2. The summed E-state index contributed by atoms with van der Waals surface area (Å²) >= 11 is 0. The van der Waals surface area contributed by atoms with Gasteiger partial charge in [-0.15, -0.1) is 0 Å². The van der Waals surface area contributed by atoms with E-state index in [-0.39, 0.29) is 12.5 Å². The molecule has 0 aromatic carbocycles. The maximum absolute atomic E-state index is 12.1. The molecule has 0 atom stereocenters. The summed E-state index contributed by atoms with van der Waals surface area (Å²) in [4.78, 5) is 13.8. The van der Waals surface area contributed by atoms with Crippen LogP contribution in [0.2, 0.25) is 0 Å². The third-order valence-corrected chi connectivity index (χ3v) is 3.24. The Kier molecular flexibility index (Phi) is 3.69. The first-order valence-electron chi connectivity index (χ1n) is 6.19. The number of hydrogen-bond acceptors (Lipinski definition) is 3. The summed E-state index contributed by atoms with van der Waals surface area (Å²) in [5.74, 6) is 0.0337. The molecule has 0 aliphatic rings. The molecule has 1 amide bonds. The molecule has 2 aromatic rings. The molecule has 2 aromatic heterocycles. The van der Waals surface area contributed by atoms with Crippen LogP contribution in [0.4, 0.5) is 0 Å². The Morgan fingerprint density at radius 1 is 1.42 bits per heavy atom. The molecule has 0 aliphatic heterocycles. The second kappa shape index (κ2) is 5.26. The fraction of sp³-hybridized carbons (Fsp3) is 0.462. The van der Waals surface area contributed by atoms with Gasteiger partial charge < -0.3 is 4.90 Å². The third kappa shape index (κ3) is 3.01. The van der Waals surface area contributed by atoms with Crippen LogP contribution in [-0.2, 0) is 24.9 Å². The highest BCUT2D eigenvalue weighted by Gasteiger charge is 2.13. The second-order valence-corrected chi connectivity index (χ2v) is 4.78. The average molecular weight is 261 g/mol. The molecular weight excluding hydrogens is 242 g/mol. The van der Waals surface area contributed by atoms with Crippen LogP contribution in [0.1, 0.15) is 17.0 Å². The fourth-order valence-corrected chi connectivity index (χ4v) is 1.85. The molecule has 0 N–H and O–H groups in total. The van der Waals surface area contributed by atoms with E-state index >= 15 is 0 Å². The molecule has 0 saturated carbocycles. The van der Waals surface area contributed by atoms with Crippen molar-refractivity contribution in [3.8, 4) is 0 Å². The van der Waals surface area contributed by atoms with Gasteiger partial charge in [0.25, 0.3) is 0 Å². The molecule has 6 heteroatoms. The molecule has 0 aliphatic carbocycles. The molecule has 102 valence electrons. The van der Waals surface area contributed by atoms with Crippen LogP contribution in [-0.4, -0.2) is 37.4 Å². The van der Waals surface area contributed by atoms with E-state index in [1.54, 1.807) is 22.8 Å². The Labute approximate surface area is 112 Å². The van der Waals surface area contributed by atoms with Gasteiger partial charge in [0.15, 0.2) is 0 Å². The highest BCUT2D eigenvalue weighted by atomic mass is 16.2. The summed E-state index contributed by atoms with van der Waals surface area (Å²) in [6.45, 7) is 4.74. The number of carbonyl (C=O) groups is 1. The van der Waals surface area contributed by atoms with Crippen molar-refractivity contribution in [1.29, 1.82) is 0 Å². The number of likely N-dealkylation sites (N-methyl/N-ethyl adjacent to an activating group) is 1. The van der Waals surface area contributed by atoms with E-state index in [4.69, 9.17) is 0 Å². The summed E-state index contributed by atoms with van der Waals surface area (Å²) in [5, 5.41) is 8.39. The van der Waals surface area contributed by atoms with Gasteiger partial charge in [-0.2, -0.15) is 10.2 Å². The highest BCUT2D eigenvalue weighted by molar-refractivity contribution is 5.75. The zero-order valence-corrected chi connectivity index (χ0v) is 11.8. The van der Waals surface area contributed by atoms with E-state index in [1.807, 2.05) is 37.8 Å². The molecule has 2 heterocycles. The van der Waals surface area contributed by atoms with Crippen molar-refractivity contribution >= 4 is 5.91 Å². The van der Waals surface area contributed by atoms with Crippen molar-refractivity contribution in [3.63, 3.8) is 0 Å². The summed E-state index contributed by atoms with van der Waals surface area (Å²) in [6.07, 6.45) is 3.62. The van der Waals surface area contributed by atoms with Gasteiger partial charge in [0.2, 0.25) is 5.91 Å². The minimum absolute atomic E-state index is 0.0337. The van der Waals surface area contributed by atoms with Gasteiger partial charge in [-0.25, -0.2) is 0 Å². The molecular formula is C13H19N5O. The van der Waals surface area contributed by atoms with E-state index < -0.39 is 0 Å². The summed E-state index contributed by atoms with van der Waals surface area (Å²) in [6, 6.07) is 1.89. The Balaban J connectivity index is 1.98. The molecule has 0 fully saturated rings. The highest BCUT2D eigenvalue weighted by Crippen LogP contribution is 2.08. The maximum atomic E-state index is 12.1.